The third-order valence-electron chi connectivity index (χ3n) is 3.58. The lowest BCUT2D eigenvalue weighted by atomic mass is 10.1. The van der Waals surface area contributed by atoms with E-state index >= 15 is 0 Å². The maximum atomic E-state index is 14.0. The molecule has 0 radical (unpaired) electrons. The molecule has 3 aromatic rings. The highest BCUT2D eigenvalue weighted by atomic mass is 32.2. The van der Waals surface area contributed by atoms with Gasteiger partial charge < -0.3 is 14.0 Å². The molecule has 0 aliphatic carbocycles. The van der Waals surface area contributed by atoms with Crippen LogP contribution in [0, 0.1) is 5.82 Å². The normalized spacial score (nSPS) is 11.9. The van der Waals surface area contributed by atoms with E-state index in [0.29, 0.717) is 0 Å². The number of nitrogens with zero attached hydrogens (tertiary/aromatic N) is 1. The van der Waals surface area contributed by atoms with Gasteiger partial charge in [0.1, 0.15) is 5.69 Å². The second-order valence-electron chi connectivity index (χ2n) is 5.51. The maximum absolute atomic E-state index is 14.0. The average molecular weight is 432 g/mol. The highest BCUT2D eigenvalue weighted by Crippen LogP contribution is 2.40. The van der Waals surface area contributed by atoms with Gasteiger partial charge >= 0.3 is 12.3 Å². The van der Waals surface area contributed by atoms with E-state index in [1.165, 1.54) is 43.5 Å². The Labute approximate surface area is 161 Å². The van der Waals surface area contributed by atoms with Crippen LogP contribution in [0.5, 0.6) is 11.7 Å². The molecule has 12 heteroatoms. The Morgan fingerprint density at radius 2 is 1.79 bits per heavy atom. The number of benzene rings is 2. The van der Waals surface area contributed by atoms with Gasteiger partial charge in [0.15, 0.2) is 17.3 Å². The number of aromatic nitrogens is 1. The molecule has 2 aromatic carbocycles. The lowest BCUT2D eigenvalue weighted by Gasteiger charge is -2.11. The summed E-state index contributed by atoms with van der Waals surface area (Å²) >= 11 is 0. The first-order chi connectivity index (χ1) is 13.6. The van der Waals surface area contributed by atoms with Gasteiger partial charge in [-0.15, -0.1) is 13.2 Å². The fourth-order valence-corrected chi connectivity index (χ4v) is 3.43. The first-order valence-electron chi connectivity index (χ1n) is 7.78. The third kappa shape index (κ3) is 4.59. The molecule has 1 heterocycles. The topological polar surface area (TPSA) is 90.7 Å². The molecule has 0 spiro atoms. The number of sulfonamides is 1. The monoisotopic (exact) mass is 432 g/mol. The lowest BCUT2D eigenvalue weighted by molar-refractivity contribution is -0.281. The summed E-state index contributed by atoms with van der Waals surface area (Å²) in [6.07, 6.45) is -5.19. The summed E-state index contributed by atoms with van der Waals surface area (Å²) < 4.78 is 92.2. The molecule has 0 atom stereocenters. The molecule has 0 bridgehead atoms. The Kier molecular flexibility index (Phi) is 5.38. The Bertz CT molecular complexity index is 1110. The molecule has 0 saturated heterocycles. The minimum Gasteiger partial charge on any atom is -0.494 e. The largest absolute Gasteiger partial charge is 0.575 e. The van der Waals surface area contributed by atoms with Gasteiger partial charge in [0.05, 0.1) is 12.0 Å². The molecule has 0 aliphatic rings. The number of anilines is 1. The zero-order chi connectivity index (χ0) is 21.2. The van der Waals surface area contributed by atoms with E-state index in [1.807, 2.05) is 4.72 Å². The number of methoxy groups -OCH3 is 1. The van der Waals surface area contributed by atoms with Gasteiger partial charge in [0.2, 0.25) is 0 Å². The van der Waals surface area contributed by atoms with Crippen molar-refractivity contribution in [2.45, 2.75) is 11.3 Å². The third-order valence-corrected chi connectivity index (χ3v) is 4.95. The average Bonchev–Trinajstić information content (AvgIpc) is 3.02. The van der Waals surface area contributed by atoms with Crippen LogP contribution in [0.1, 0.15) is 0 Å². The molecule has 7 nitrogen and oxygen atoms in total. The Balaban J connectivity index is 2.10. The first-order valence-corrected chi connectivity index (χ1v) is 9.26. The van der Waals surface area contributed by atoms with Crippen molar-refractivity contribution in [1.29, 1.82) is 0 Å². The smallest absolute Gasteiger partial charge is 0.494 e. The molecule has 0 aliphatic heterocycles. The first kappa shape index (κ1) is 20.5. The van der Waals surface area contributed by atoms with Gasteiger partial charge in [0, 0.05) is 5.56 Å². The van der Waals surface area contributed by atoms with Crippen molar-refractivity contribution < 1.29 is 40.0 Å². The summed E-state index contributed by atoms with van der Waals surface area (Å²) in [6.45, 7) is 0. The minimum atomic E-state index is -5.19. The molecule has 3 rings (SSSR count). The lowest BCUT2D eigenvalue weighted by Crippen LogP contribution is -2.19. The molecule has 0 fully saturated rings. The fraction of sp³-hybridized carbons (Fsp3) is 0.118. The van der Waals surface area contributed by atoms with Gasteiger partial charge in [-0.2, -0.15) is 0 Å². The van der Waals surface area contributed by atoms with Gasteiger partial charge in [-0.25, -0.2) is 12.8 Å². The molecular weight excluding hydrogens is 420 g/mol. The highest BCUT2D eigenvalue weighted by molar-refractivity contribution is 7.92. The number of hydrogen-bond donors (Lipinski definition) is 1. The SMILES string of the molecule is COc1ccc(-c2noc(OC(F)(F)F)c2NS(=O)(=O)c2ccccc2)cc1F. The Hall–Kier alpha value is -3.28. The van der Waals surface area contributed by atoms with E-state index in [4.69, 9.17) is 4.74 Å². The van der Waals surface area contributed by atoms with Crippen molar-refractivity contribution in [2.75, 3.05) is 11.8 Å². The number of rotatable bonds is 6. The van der Waals surface area contributed by atoms with Crippen molar-refractivity contribution in [3.8, 4) is 23.0 Å². The predicted octanol–water partition coefficient (Wildman–Crippen LogP) is 4.19. The van der Waals surface area contributed by atoms with E-state index in [1.54, 1.807) is 6.07 Å². The summed E-state index contributed by atoms with van der Waals surface area (Å²) in [5.74, 6) is -2.22. The summed E-state index contributed by atoms with van der Waals surface area (Å²) in [4.78, 5) is -0.231. The molecule has 154 valence electrons. The Morgan fingerprint density at radius 3 is 2.38 bits per heavy atom. The van der Waals surface area contributed by atoms with Crippen LogP contribution < -0.4 is 14.2 Å². The molecule has 0 unspecified atom stereocenters. The van der Waals surface area contributed by atoms with Crippen LogP contribution in [0.4, 0.5) is 23.2 Å². The fourth-order valence-electron chi connectivity index (χ4n) is 2.34. The van der Waals surface area contributed by atoms with Crippen molar-refractivity contribution in [1.82, 2.24) is 5.16 Å². The molecule has 29 heavy (non-hydrogen) atoms. The Morgan fingerprint density at radius 1 is 1.10 bits per heavy atom. The van der Waals surface area contributed by atoms with Crippen molar-refractivity contribution in [3.05, 3.63) is 54.3 Å². The van der Waals surface area contributed by atoms with E-state index in [2.05, 4.69) is 14.4 Å². The number of nitrogens with one attached hydrogen (secondary N) is 1. The van der Waals surface area contributed by atoms with Gasteiger partial charge in [-0.05, 0) is 30.3 Å². The maximum Gasteiger partial charge on any atom is 0.575 e. The van der Waals surface area contributed by atoms with Gasteiger partial charge in [-0.3, -0.25) is 4.72 Å². The van der Waals surface area contributed by atoms with Crippen LogP contribution in [0.15, 0.2) is 57.9 Å². The summed E-state index contributed by atoms with van der Waals surface area (Å²) in [5, 5.41) is 3.41. The zero-order valence-corrected chi connectivity index (χ0v) is 15.3. The van der Waals surface area contributed by atoms with Crippen LogP contribution in [0.3, 0.4) is 0 Å². The van der Waals surface area contributed by atoms with E-state index < -0.39 is 39.5 Å². The number of ether oxygens (including phenoxy) is 2. The van der Waals surface area contributed by atoms with Crippen molar-refractivity contribution in [3.63, 3.8) is 0 Å². The number of alkyl halides is 3. The van der Waals surface area contributed by atoms with Gasteiger partial charge in [0.25, 0.3) is 10.0 Å². The van der Waals surface area contributed by atoms with Crippen LogP contribution in [-0.4, -0.2) is 27.0 Å². The summed E-state index contributed by atoms with van der Waals surface area (Å²) in [6, 6.07) is 10.2. The molecule has 1 N–H and O–H groups in total. The van der Waals surface area contributed by atoms with Crippen molar-refractivity contribution in [2.24, 2.45) is 0 Å². The standard InChI is InChI=1S/C17H12F4N2O5S/c1-26-13-8-7-10(9-12(13)18)14-15(16(28-22-14)27-17(19,20)21)23-29(24,25)11-5-3-2-4-6-11/h2-9,23H,1H3. The molecule has 0 saturated carbocycles. The van der Waals surface area contributed by atoms with Crippen LogP contribution in [0.25, 0.3) is 11.3 Å². The summed E-state index contributed by atoms with van der Waals surface area (Å²) in [5.41, 5.74) is -1.23. The summed E-state index contributed by atoms with van der Waals surface area (Å²) in [7, 11) is -3.11. The molecular formula is C17H12F4N2O5S. The van der Waals surface area contributed by atoms with Crippen LogP contribution >= 0.6 is 0 Å². The second kappa shape index (κ2) is 7.62. The van der Waals surface area contributed by atoms with Gasteiger partial charge in [-0.1, -0.05) is 23.4 Å². The van der Waals surface area contributed by atoms with E-state index in [9.17, 15) is 26.0 Å². The quantitative estimate of drug-likeness (QED) is 0.588. The van der Waals surface area contributed by atoms with E-state index in [0.717, 1.165) is 6.07 Å². The predicted molar refractivity (Wildman–Crippen MR) is 92.4 cm³/mol. The van der Waals surface area contributed by atoms with Crippen LogP contribution in [-0.2, 0) is 10.0 Å². The van der Waals surface area contributed by atoms with Crippen molar-refractivity contribution >= 4 is 15.7 Å². The zero-order valence-electron chi connectivity index (χ0n) is 14.5. The number of hydrogen-bond acceptors (Lipinski definition) is 6. The van der Waals surface area contributed by atoms with E-state index in [-0.39, 0.29) is 16.2 Å². The molecule has 0 amide bonds. The molecule has 1 aromatic heterocycles. The highest BCUT2D eigenvalue weighted by Gasteiger charge is 2.37. The van der Waals surface area contributed by atoms with Crippen LogP contribution in [0.2, 0.25) is 0 Å². The minimum absolute atomic E-state index is 0.0742. The number of halogens is 4. The second-order valence-corrected chi connectivity index (χ2v) is 7.19.